The van der Waals surface area contributed by atoms with Gasteiger partial charge in [0.1, 0.15) is 24.2 Å². The van der Waals surface area contributed by atoms with Gasteiger partial charge in [-0.25, -0.2) is 0 Å². The summed E-state index contributed by atoms with van der Waals surface area (Å²) in [5.74, 6) is -6.23. The van der Waals surface area contributed by atoms with Gasteiger partial charge in [-0.3, -0.25) is 38.4 Å². The van der Waals surface area contributed by atoms with E-state index in [-0.39, 0.29) is 50.3 Å². The summed E-state index contributed by atoms with van der Waals surface area (Å²) < 4.78 is 0. The van der Waals surface area contributed by atoms with Crippen molar-refractivity contribution >= 4 is 69.0 Å². The summed E-state index contributed by atoms with van der Waals surface area (Å²) in [6.45, 7) is 1.36. The van der Waals surface area contributed by atoms with Crippen molar-refractivity contribution in [2.24, 2.45) is 11.5 Å². The van der Waals surface area contributed by atoms with Crippen LogP contribution in [-0.2, 0) is 38.4 Å². The monoisotopic (exact) mass is 721 g/mol. The molecule has 1 fully saturated rings. The second kappa shape index (κ2) is 24.5. The molecule has 0 aromatic carbocycles. The molecule has 0 saturated carbocycles. The van der Waals surface area contributed by atoms with Crippen molar-refractivity contribution in [3.63, 3.8) is 0 Å². The van der Waals surface area contributed by atoms with Gasteiger partial charge in [-0.2, -0.15) is 0 Å². The van der Waals surface area contributed by atoms with E-state index in [1.165, 1.54) is 0 Å². The first-order chi connectivity index (χ1) is 22.8. The number of carbonyl (C=O) groups excluding carboxylic acids is 6. The molecule has 4 atom stereocenters. The molecule has 1 saturated heterocycles. The van der Waals surface area contributed by atoms with Crippen molar-refractivity contribution in [3.05, 3.63) is 0 Å². The molecule has 0 radical (unpaired) electrons. The van der Waals surface area contributed by atoms with Crippen molar-refractivity contribution in [2.45, 2.75) is 69.1 Å². The van der Waals surface area contributed by atoms with E-state index < -0.39 is 71.5 Å². The average molecular weight is 722 g/mol. The van der Waals surface area contributed by atoms with E-state index in [2.05, 4.69) is 37.2 Å². The summed E-state index contributed by atoms with van der Waals surface area (Å²) in [5, 5.41) is 36.5. The number of nitrogens with one attached hydrogen (secondary N) is 7. The molecule has 1 aliphatic heterocycles. The second-order valence-electron chi connectivity index (χ2n) is 10.7. The summed E-state index contributed by atoms with van der Waals surface area (Å²) in [4.78, 5) is 97.4. The maximum atomic E-state index is 13.0. The fourth-order valence-electron chi connectivity index (χ4n) is 3.83. The highest BCUT2D eigenvalue weighted by Gasteiger charge is 2.25. The van der Waals surface area contributed by atoms with Crippen LogP contribution >= 0.6 is 21.6 Å². The van der Waals surface area contributed by atoms with Crippen molar-refractivity contribution in [2.75, 3.05) is 50.8 Å². The second-order valence-corrected chi connectivity index (χ2v) is 13.3. The lowest BCUT2D eigenvalue weighted by Crippen LogP contribution is -2.51. The zero-order valence-corrected chi connectivity index (χ0v) is 28.2. The highest BCUT2D eigenvalue weighted by Crippen LogP contribution is 2.23. The van der Waals surface area contributed by atoms with Crippen molar-refractivity contribution in [3.8, 4) is 0 Å². The highest BCUT2D eigenvalue weighted by molar-refractivity contribution is 8.76. The molecule has 272 valence electrons. The van der Waals surface area contributed by atoms with E-state index in [0.29, 0.717) is 39.0 Å². The SMILES string of the molecule is N[C@@H](CCC(=O)NC1CSSCC(NC(=O)CC[C@H](N)C(=O)O)C(=O)NCC(=O)NCCCNCCCCNC(=O)CNC1=O)C(=O)O. The van der Waals surface area contributed by atoms with Crippen molar-refractivity contribution in [1.82, 2.24) is 37.2 Å². The van der Waals surface area contributed by atoms with Crippen molar-refractivity contribution in [1.29, 1.82) is 0 Å². The van der Waals surface area contributed by atoms with Gasteiger partial charge in [0.25, 0.3) is 0 Å². The quantitative estimate of drug-likeness (QED) is 0.0957. The molecule has 0 bridgehead atoms. The Kier molecular flexibility index (Phi) is 21.6. The van der Waals surface area contributed by atoms with Crippen LogP contribution in [0.1, 0.15) is 44.9 Å². The topological polar surface area (TPSA) is 313 Å². The third kappa shape index (κ3) is 19.9. The molecule has 21 heteroatoms. The molecule has 1 rings (SSSR count). The first-order valence-corrected chi connectivity index (χ1v) is 17.9. The van der Waals surface area contributed by atoms with E-state index in [4.69, 9.17) is 21.7 Å². The minimum absolute atomic E-state index is 0.0556. The summed E-state index contributed by atoms with van der Waals surface area (Å²) in [5.41, 5.74) is 10.9. The molecule has 1 aliphatic rings. The lowest BCUT2D eigenvalue weighted by Gasteiger charge is -2.20. The third-order valence-electron chi connectivity index (χ3n) is 6.66. The zero-order valence-electron chi connectivity index (χ0n) is 26.5. The maximum absolute atomic E-state index is 13.0. The van der Waals surface area contributed by atoms with Gasteiger partial charge in [0.2, 0.25) is 35.4 Å². The summed E-state index contributed by atoms with van der Waals surface area (Å²) in [6.07, 6.45) is 1.17. The molecule has 0 aromatic heterocycles. The van der Waals surface area contributed by atoms with Gasteiger partial charge in [0, 0.05) is 37.4 Å². The Morgan fingerprint density at radius 3 is 1.50 bits per heavy atom. The fraction of sp³-hybridized carbons (Fsp3) is 0.704. The number of carboxylic acid groups (broad SMARTS) is 2. The van der Waals surface area contributed by atoms with Crippen LogP contribution in [0.4, 0.5) is 0 Å². The molecule has 0 aliphatic carbocycles. The number of carbonyl (C=O) groups is 8. The predicted octanol–water partition coefficient (Wildman–Crippen LogP) is -4.04. The minimum Gasteiger partial charge on any atom is -0.480 e. The molecule has 0 spiro atoms. The van der Waals surface area contributed by atoms with Crippen molar-refractivity contribution < 1.29 is 48.6 Å². The van der Waals surface area contributed by atoms with Gasteiger partial charge in [-0.15, -0.1) is 0 Å². The molecule has 0 aromatic rings. The zero-order chi connectivity index (χ0) is 35.9. The Morgan fingerprint density at radius 2 is 1.06 bits per heavy atom. The minimum atomic E-state index is -1.29. The van der Waals surface area contributed by atoms with Crippen LogP contribution in [0.3, 0.4) is 0 Å². The Morgan fingerprint density at radius 1 is 0.667 bits per heavy atom. The lowest BCUT2D eigenvalue weighted by molar-refractivity contribution is -0.140. The molecule has 13 N–H and O–H groups in total. The maximum Gasteiger partial charge on any atom is 0.320 e. The number of carboxylic acids is 2. The first-order valence-electron chi connectivity index (χ1n) is 15.4. The van der Waals surface area contributed by atoms with Gasteiger partial charge >= 0.3 is 11.9 Å². The Hall–Kier alpha value is -3.66. The van der Waals surface area contributed by atoms with Crippen LogP contribution in [0.2, 0.25) is 0 Å². The van der Waals surface area contributed by atoms with Gasteiger partial charge in [0.15, 0.2) is 0 Å². The molecule has 6 amide bonds. The largest absolute Gasteiger partial charge is 0.480 e. The van der Waals surface area contributed by atoms with Gasteiger partial charge in [0.05, 0.1) is 13.1 Å². The molecular formula is C27H47N9O10S2. The lowest BCUT2D eigenvalue weighted by atomic mass is 10.1. The van der Waals surface area contributed by atoms with E-state index in [1.807, 2.05) is 0 Å². The Bertz CT molecular complexity index is 1030. The molecular weight excluding hydrogens is 674 g/mol. The molecule has 2 unspecified atom stereocenters. The fourth-order valence-corrected chi connectivity index (χ4v) is 6.15. The summed E-state index contributed by atoms with van der Waals surface area (Å²) in [7, 11) is 2.12. The van der Waals surface area contributed by atoms with E-state index in [1.54, 1.807) is 0 Å². The number of hydrogen-bond donors (Lipinski definition) is 11. The van der Waals surface area contributed by atoms with Gasteiger partial charge in [-0.1, -0.05) is 21.6 Å². The molecule has 1 heterocycles. The number of amides is 6. The van der Waals surface area contributed by atoms with Crippen LogP contribution in [0.5, 0.6) is 0 Å². The number of hydrogen-bond acceptors (Lipinski definition) is 13. The Balaban J connectivity index is 2.98. The van der Waals surface area contributed by atoms with Gasteiger partial charge < -0.3 is 58.9 Å². The predicted molar refractivity (Wildman–Crippen MR) is 177 cm³/mol. The average Bonchev–Trinajstić information content (AvgIpc) is 3.04. The third-order valence-corrected chi connectivity index (χ3v) is 9.08. The standard InChI is InChI=1S/C27H47N9O10S2/c28-16(26(43)44)4-6-20(37)35-18-14-47-48-15-19(36-21(38)7-5-17(29)27(45)46)25(42)34-13-23(40)32-11-3-9-30-8-1-2-10-31-22(39)12-33-24(18)41/h16-19,30H,1-15,28-29H2,(H,31,39)(H,32,40)(H,33,41)(H,34,42)(H,35,37)(H,36,38)(H,43,44)(H,45,46)/t16-,17-,18?,19?/m0/s1. The smallest absolute Gasteiger partial charge is 0.320 e. The number of nitrogens with two attached hydrogens (primary N) is 2. The van der Waals surface area contributed by atoms with Crippen LogP contribution in [0.15, 0.2) is 0 Å². The normalized spacial score (nSPS) is 21.5. The van der Waals surface area contributed by atoms with Crippen LogP contribution in [-0.4, -0.2) is 133 Å². The summed E-state index contributed by atoms with van der Waals surface area (Å²) in [6, 6.07) is -4.89. The summed E-state index contributed by atoms with van der Waals surface area (Å²) >= 11 is 0. The van der Waals surface area contributed by atoms with Crippen LogP contribution < -0.4 is 48.7 Å². The molecule has 19 nitrogen and oxygen atoms in total. The van der Waals surface area contributed by atoms with Crippen LogP contribution in [0, 0.1) is 0 Å². The Labute approximate surface area is 285 Å². The molecule has 48 heavy (non-hydrogen) atoms. The first kappa shape index (κ1) is 42.4. The van der Waals surface area contributed by atoms with Crippen LogP contribution in [0.25, 0.3) is 0 Å². The highest BCUT2D eigenvalue weighted by atomic mass is 33.1. The number of rotatable bonds is 10. The van der Waals surface area contributed by atoms with E-state index in [0.717, 1.165) is 28.0 Å². The van der Waals surface area contributed by atoms with Gasteiger partial charge in [-0.05, 0) is 45.2 Å². The van der Waals surface area contributed by atoms with E-state index >= 15 is 0 Å². The number of aliphatic carboxylic acids is 2. The van der Waals surface area contributed by atoms with E-state index in [9.17, 15) is 38.4 Å².